The molecule has 1 aliphatic rings. The van der Waals surface area contributed by atoms with E-state index in [1.54, 1.807) is 0 Å². The molecule has 1 aromatic heterocycles. The van der Waals surface area contributed by atoms with Crippen molar-refractivity contribution in [2.75, 3.05) is 0 Å². The maximum atomic E-state index is 2.20. The second kappa shape index (κ2) is 2.51. The summed E-state index contributed by atoms with van der Waals surface area (Å²) in [5, 5.41) is 0. The third-order valence-corrected chi connectivity index (χ3v) is 1.81. The second-order valence-electron chi connectivity index (χ2n) is 2.47. The Labute approximate surface area is 66.8 Å². The summed E-state index contributed by atoms with van der Waals surface area (Å²) in [6.07, 6.45) is 6.39. The lowest BCUT2D eigenvalue weighted by atomic mass is 10.1. The molecule has 2 heteroatoms. The minimum absolute atomic E-state index is 0. The molecular formula is C8H10ClN. The zero-order chi connectivity index (χ0) is 6.27. The van der Waals surface area contributed by atoms with Crippen LogP contribution in [0.5, 0.6) is 0 Å². The summed E-state index contributed by atoms with van der Waals surface area (Å²) < 4.78 is 2.16. The van der Waals surface area contributed by atoms with Gasteiger partial charge >= 0.3 is 0 Å². The standard InChI is InChI=1S/C8H9N.ClH/c1-7-4-6-9-5-2-3-8(7)9;/h2-7H,1H3;1H. The van der Waals surface area contributed by atoms with Gasteiger partial charge in [0.15, 0.2) is 0 Å². The topological polar surface area (TPSA) is 4.93 Å². The Morgan fingerprint density at radius 3 is 3.00 bits per heavy atom. The first-order valence-corrected chi connectivity index (χ1v) is 3.23. The van der Waals surface area contributed by atoms with Crippen LogP contribution in [0, 0.1) is 0 Å². The molecule has 1 atom stereocenters. The van der Waals surface area contributed by atoms with Gasteiger partial charge in [-0.05, 0) is 12.1 Å². The van der Waals surface area contributed by atoms with Gasteiger partial charge in [0, 0.05) is 24.0 Å². The van der Waals surface area contributed by atoms with Crippen LogP contribution in [0.4, 0.5) is 0 Å². The van der Waals surface area contributed by atoms with Crippen molar-refractivity contribution in [3.8, 4) is 0 Å². The molecule has 0 aromatic carbocycles. The van der Waals surface area contributed by atoms with E-state index in [9.17, 15) is 0 Å². The van der Waals surface area contributed by atoms with E-state index in [4.69, 9.17) is 0 Å². The van der Waals surface area contributed by atoms with Gasteiger partial charge in [0.25, 0.3) is 0 Å². The molecule has 0 saturated heterocycles. The SMILES string of the molecule is CC1C=Cn2cccc21.Cl. The number of fused-ring (bicyclic) bond motifs is 1. The van der Waals surface area contributed by atoms with Crippen LogP contribution in [0.3, 0.4) is 0 Å². The Morgan fingerprint density at radius 2 is 2.30 bits per heavy atom. The van der Waals surface area contributed by atoms with Crippen molar-refractivity contribution in [1.82, 2.24) is 4.57 Å². The summed E-state index contributed by atoms with van der Waals surface area (Å²) in [7, 11) is 0. The zero-order valence-electron chi connectivity index (χ0n) is 5.82. The molecule has 0 aliphatic carbocycles. The molecule has 0 bridgehead atoms. The van der Waals surface area contributed by atoms with Gasteiger partial charge in [-0.25, -0.2) is 0 Å². The number of hydrogen-bond donors (Lipinski definition) is 0. The Balaban J connectivity index is 0.000000500. The third kappa shape index (κ3) is 0.868. The quantitative estimate of drug-likeness (QED) is 0.543. The Kier molecular flexibility index (Phi) is 1.86. The first-order chi connectivity index (χ1) is 4.38. The molecule has 1 aliphatic heterocycles. The second-order valence-corrected chi connectivity index (χ2v) is 2.47. The normalized spacial score (nSPS) is 20.3. The van der Waals surface area contributed by atoms with Gasteiger partial charge < -0.3 is 4.57 Å². The molecule has 0 amide bonds. The number of nitrogens with zero attached hydrogens (tertiary/aromatic N) is 1. The lowest BCUT2D eigenvalue weighted by molar-refractivity contribution is 0.926. The summed E-state index contributed by atoms with van der Waals surface area (Å²) in [6, 6.07) is 4.24. The highest BCUT2D eigenvalue weighted by molar-refractivity contribution is 5.85. The number of aromatic nitrogens is 1. The molecule has 10 heavy (non-hydrogen) atoms. The van der Waals surface area contributed by atoms with E-state index in [2.05, 4.69) is 42.1 Å². The van der Waals surface area contributed by atoms with Crippen molar-refractivity contribution in [2.24, 2.45) is 0 Å². The Hall–Kier alpha value is -0.690. The van der Waals surface area contributed by atoms with Gasteiger partial charge in [-0.15, -0.1) is 12.4 Å². The van der Waals surface area contributed by atoms with E-state index < -0.39 is 0 Å². The van der Waals surface area contributed by atoms with Crippen molar-refractivity contribution in [2.45, 2.75) is 12.8 Å². The first-order valence-electron chi connectivity index (χ1n) is 3.23. The van der Waals surface area contributed by atoms with Crippen LogP contribution < -0.4 is 0 Å². The van der Waals surface area contributed by atoms with Crippen molar-refractivity contribution >= 4 is 18.6 Å². The van der Waals surface area contributed by atoms with Crippen LogP contribution in [0.15, 0.2) is 24.4 Å². The van der Waals surface area contributed by atoms with E-state index in [1.807, 2.05) is 0 Å². The van der Waals surface area contributed by atoms with E-state index in [-0.39, 0.29) is 12.4 Å². The highest BCUT2D eigenvalue weighted by Crippen LogP contribution is 2.23. The van der Waals surface area contributed by atoms with Crippen LogP contribution in [0.1, 0.15) is 18.5 Å². The minimum Gasteiger partial charge on any atom is -0.327 e. The largest absolute Gasteiger partial charge is 0.327 e. The minimum atomic E-state index is 0. The van der Waals surface area contributed by atoms with Crippen LogP contribution in [-0.2, 0) is 0 Å². The third-order valence-electron chi connectivity index (χ3n) is 1.81. The smallest absolute Gasteiger partial charge is 0.0287 e. The highest BCUT2D eigenvalue weighted by Gasteiger charge is 2.09. The summed E-state index contributed by atoms with van der Waals surface area (Å²) in [5.41, 5.74) is 1.40. The van der Waals surface area contributed by atoms with Crippen molar-refractivity contribution in [3.05, 3.63) is 30.1 Å². The molecule has 1 unspecified atom stereocenters. The average Bonchev–Trinajstić information content (AvgIpc) is 2.35. The maximum absolute atomic E-state index is 2.20. The molecule has 0 fully saturated rings. The molecule has 1 nitrogen and oxygen atoms in total. The predicted molar refractivity (Wildman–Crippen MR) is 45.4 cm³/mol. The number of halogens is 1. The van der Waals surface area contributed by atoms with Crippen molar-refractivity contribution < 1.29 is 0 Å². The van der Waals surface area contributed by atoms with Crippen molar-refractivity contribution in [3.63, 3.8) is 0 Å². The molecule has 2 rings (SSSR count). The Bertz CT molecular complexity index is 250. The van der Waals surface area contributed by atoms with E-state index in [1.165, 1.54) is 5.69 Å². The fourth-order valence-electron chi connectivity index (χ4n) is 1.25. The monoisotopic (exact) mass is 155 g/mol. The molecule has 0 radical (unpaired) electrons. The number of rotatable bonds is 0. The van der Waals surface area contributed by atoms with Crippen LogP contribution in [-0.4, -0.2) is 4.57 Å². The highest BCUT2D eigenvalue weighted by atomic mass is 35.5. The van der Waals surface area contributed by atoms with Gasteiger partial charge in [-0.2, -0.15) is 0 Å². The zero-order valence-corrected chi connectivity index (χ0v) is 6.64. The molecule has 0 saturated carbocycles. The van der Waals surface area contributed by atoms with Gasteiger partial charge in [0.05, 0.1) is 0 Å². The maximum Gasteiger partial charge on any atom is 0.0287 e. The molecule has 1 aromatic rings. The fourth-order valence-corrected chi connectivity index (χ4v) is 1.25. The molecule has 54 valence electrons. The van der Waals surface area contributed by atoms with Gasteiger partial charge in [-0.1, -0.05) is 13.0 Å². The summed E-state index contributed by atoms with van der Waals surface area (Å²) in [4.78, 5) is 0. The average molecular weight is 156 g/mol. The summed E-state index contributed by atoms with van der Waals surface area (Å²) in [5.74, 6) is 0.611. The van der Waals surface area contributed by atoms with E-state index >= 15 is 0 Å². The van der Waals surface area contributed by atoms with Crippen molar-refractivity contribution in [1.29, 1.82) is 0 Å². The van der Waals surface area contributed by atoms with Crippen LogP contribution in [0.25, 0.3) is 6.20 Å². The first kappa shape index (κ1) is 7.42. The predicted octanol–water partition coefficient (Wildman–Crippen LogP) is 2.50. The van der Waals surface area contributed by atoms with E-state index in [0.29, 0.717) is 5.92 Å². The molecule has 2 heterocycles. The number of allylic oxidation sites excluding steroid dienone is 1. The lowest BCUT2D eigenvalue weighted by Crippen LogP contribution is -1.86. The van der Waals surface area contributed by atoms with Gasteiger partial charge in [0.1, 0.15) is 0 Å². The molecule has 0 spiro atoms. The number of hydrogen-bond acceptors (Lipinski definition) is 0. The fraction of sp³-hybridized carbons (Fsp3) is 0.250. The molecule has 0 N–H and O–H groups in total. The van der Waals surface area contributed by atoms with Gasteiger partial charge in [-0.3, -0.25) is 0 Å². The Morgan fingerprint density at radius 1 is 1.50 bits per heavy atom. The summed E-state index contributed by atoms with van der Waals surface area (Å²) in [6.45, 7) is 2.20. The summed E-state index contributed by atoms with van der Waals surface area (Å²) >= 11 is 0. The van der Waals surface area contributed by atoms with Crippen LogP contribution >= 0.6 is 12.4 Å². The lowest BCUT2D eigenvalue weighted by Gasteiger charge is -1.97. The molecular weight excluding hydrogens is 146 g/mol. The van der Waals surface area contributed by atoms with Crippen LogP contribution in [0.2, 0.25) is 0 Å². The van der Waals surface area contributed by atoms with Gasteiger partial charge in [0.2, 0.25) is 0 Å². The van der Waals surface area contributed by atoms with E-state index in [0.717, 1.165) is 0 Å².